The van der Waals surface area contributed by atoms with E-state index in [2.05, 4.69) is 77.1 Å². The normalized spacial score (nSPS) is 12.1. The summed E-state index contributed by atoms with van der Waals surface area (Å²) in [6.45, 7) is 12.7. The van der Waals surface area contributed by atoms with Gasteiger partial charge in [0.2, 0.25) is 0 Å². The van der Waals surface area contributed by atoms with Crippen LogP contribution in [0, 0.1) is 13.8 Å². The van der Waals surface area contributed by atoms with Gasteiger partial charge in [-0.3, -0.25) is 0 Å². The molecular weight excluding hydrogens is 280 g/mol. The molecule has 122 valence electrons. The average molecular weight is 308 g/mol. The van der Waals surface area contributed by atoms with Gasteiger partial charge in [-0.1, -0.05) is 74.4 Å². The summed E-state index contributed by atoms with van der Waals surface area (Å²) in [5.74, 6) is 0.441. The Bertz CT molecular complexity index is 730. The Morgan fingerprint density at radius 2 is 1.61 bits per heavy atom. The minimum absolute atomic E-state index is 0.0659. The van der Waals surface area contributed by atoms with E-state index in [9.17, 15) is 5.11 Å². The molecule has 0 saturated carbocycles. The van der Waals surface area contributed by atoms with Gasteiger partial charge in [0, 0.05) is 6.42 Å². The lowest BCUT2D eigenvalue weighted by Crippen LogP contribution is -2.12. The minimum atomic E-state index is -0.0659. The van der Waals surface area contributed by atoms with Crippen molar-refractivity contribution in [3.63, 3.8) is 0 Å². The van der Waals surface area contributed by atoms with Gasteiger partial charge in [-0.25, -0.2) is 0 Å². The van der Waals surface area contributed by atoms with Crippen molar-refractivity contribution < 1.29 is 5.11 Å². The number of aryl methyl sites for hydroxylation is 2. The molecule has 0 bridgehead atoms. The first-order valence-electron chi connectivity index (χ1n) is 8.27. The van der Waals surface area contributed by atoms with Crippen LogP contribution in [0.2, 0.25) is 0 Å². The van der Waals surface area contributed by atoms with Crippen LogP contribution in [0.5, 0.6) is 5.75 Å². The van der Waals surface area contributed by atoms with Crippen LogP contribution in [-0.2, 0) is 11.8 Å². The summed E-state index contributed by atoms with van der Waals surface area (Å²) < 4.78 is 0. The number of rotatable bonds is 3. The molecule has 0 atom stereocenters. The highest BCUT2D eigenvalue weighted by Gasteiger charge is 2.21. The van der Waals surface area contributed by atoms with E-state index in [1.54, 1.807) is 0 Å². The standard InChI is InChI=1S/C22H28O/c1-7-8-17-10-9-15(2)11-18(17)14-19-12-16(3)13-20(21(19)23)22(4,5)6/h7-13,23H,14H2,1-6H3. The summed E-state index contributed by atoms with van der Waals surface area (Å²) in [7, 11) is 0. The quantitative estimate of drug-likeness (QED) is 0.745. The monoisotopic (exact) mass is 308 g/mol. The first kappa shape index (κ1) is 17.3. The number of benzene rings is 2. The third-order valence-electron chi connectivity index (χ3n) is 4.17. The van der Waals surface area contributed by atoms with Crippen LogP contribution in [0.15, 0.2) is 36.4 Å². The lowest BCUT2D eigenvalue weighted by Gasteiger charge is -2.23. The van der Waals surface area contributed by atoms with Crippen LogP contribution in [-0.4, -0.2) is 5.11 Å². The van der Waals surface area contributed by atoms with E-state index in [1.165, 1.54) is 22.3 Å². The van der Waals surface area contributed by atoms with Gasteiger partial charge in [0.1, 0.15) is 5.75 Å². The van der Waals surface area contributed by atoms with Crippen LogP contribution in [0.3, 0.4) is 0 Å². The zero-order chi connectivity index (χ0) is 17.2. The van der Waals surface area contributed by atoms with E-state index in [1.807, 2.05) is 6.92 Å². The fourth-order valence-corrected chi connectivity index (χ4v) is 3.00. The van der Waals surface area contributed by atoms with Crippen molar-refractivity contribution in [3.8, 4) is 5.75 Å². The second-order valence-electron chi connectivity index (χ2n) is 7.45. The van der Waals surface area contributed by atoms with Gasteiger partial charge in [0.15, 0.2) is 0 Å². The Labute approximate surface area is 140 Å². The number of allylic oxidation sites excluding steroid dienone is 1. The molecule has 2 aromatic carbocycles. The highest BCUT2D eigenvalue weighted by atomic mass is 16.3. The van der Waals surface area contributed by atoms with Gasteiger partial charge in [-0.2, -0.15) is 0 Å². The van der Waals surface area contributed by atoms with Crippen LogP contribution >= 0.6 is 0 Å². The molecule has 0 amide bonds. The Morgan fingerprint density at radius 3 is 2.22 bits per heavy atom. The Balaban J connectivity index is 2.53. The lowest BCUT2D eigenvalue weighted by molar-refractivity contribution is 0.441. The van der Waals surface area contributed by atoms with Gasteiger partial charge in [-0.05, 0) is 48.4 Å². The van der Waals surface area contributed by atoms with Gasteiger partial charge in [0.05, 0.1) is 0 Å². The van der Waals surface area contributed by atoms with E-state index in [0.29, 0.717) is 5.75 Å². The molecule has 0 unspecified atom stereocenters. The number of hydrogen-bond donors (Lipinski definition) is 1. The molecule has 0 aliphatic carbocycles. The maximum Gasteiger partial charge on any atom is 0.122 e. The summed E-state index contributed by atoms with van der Waals surface area (Å²) in [4.78, 5) is 0. The Hall–Kier alpha value is -2.02. The fraction of sp³-hybridized carbons (Fsp3) is 0.364. The van der Waals surface area contributed by atoms with Crippen LogP contribution in [0.4, 0.5) is 0 Å². The highest BCUT2D eigenvalue weighted by Crippen LogP contribution is 2.35. The van der Waals surface area contributed by atoms with Gasteiger partial charge >= 0.3 is 0 Å². The molecule has 0 fully saturated rings. The second-order valence-corrected chi connectivity index (χ2v) is 7.45. The number of phenolic OH excluding ortho intramolecular Hbond substituents is 1. The summed E-state index contributed by atoms with van der Waals surface area (Å²) in [5, 5.41) is 10.8. The highest BCUT2D eigenvalue weighted by molar-refractivity contribution is 5.57. The molecule has 2 rings (SSSR count). The third kappa shape index (κ3) is 4.04. The van der Waals surface area contributed by atoms with Crippen molar-refractivity contribution in [2.45, 2.75) is 53.4 Å². The van der Waals surface area contributed by atoms with Gasteiger partial charge < -0.3 is 5.11 Å². The van der Waals surface area contributed by atoms with Crippen LogP contribution in [0.1, 0.15) is 61.1 Å². The Kier molecular flexibility index (Phi) is 4.99. The summed E-state index contributed by atoms with van der Waals surface area (Å²) in [6, 6.07) is 10.7. The molecule has 1 heteroatoms. The molecule has 1 nitrogen and oxygen atoms in total. The molecule has 0 radical (unpaired) electrons. The van der Waals surface area contributed by atoms with E-state index >= 15 is 0 Å². The molecule has 2 aromatic rings. The summed E-state index contributed by atoms with van der Waals surface area (Å²) >= 11 is 0. The predicted molar refractivity (Wildman–Crippen MR) is 100 cm³/mol. The number of phenols is 1. The molecular formula is C22H28O. The topological polar surface area (TPSA) is 20.2 Å². The largest absolute Gasteiger partial charge is 0.507 e. The molecule has 0 spiro atoms. The zero-order valence-electron chi connectivity index (χ0n) is 15.2. The van der Waals surface area contributed by atoms with Crippen molar-refractivity contribution in [1.82, 2.24) is 0 Å². The van der Waals surface area contributed by atoms with Gasteiger partial charge in [-0.15, -0.1) is 0 Å². The lowest BCUT2D eigenvalue weighted by atomic mass is 9.83. The first-order chi connectivity index (χ1) is 10.7. The molecule has 0 aliphatic rings. The minimum Gasteiger partial charge on any atom is -0.507 e. The van der Waals surface area contributed by atoms with Crippen molar-refractivity contribution in [1.29, 1.82) is 0 Å². The second kappa shape index (κ2) is 6.62. The maximum absolute atomic E-state index is 10.8. The van der Waals surface area contributed by atoms with Crippen molar-refractivity contribution in [3.05, 3.63) is 69.8 Å². The Morgan fingerprint density at radius 1 is 0.957 bits per heavy atom. The van der Waals surface area contributed by atoms with Crippen LogP contribution < -0.4 is 0 Å². The van der Waals surface area contributed by atoms with Crippen molar-refractivity contribution in [2.75, 3.05) is 0 Å². The number of hydrogen-bond acceptors (Lipinski definition) is 1. The summed E-state index contributed by atoms with van der Waals surface area (Å²) in [5.41, 5.74) is 6.88. The number of aromatic hydroxyl groups is 1. The van der Waals surface area contributed by atoms with Gasteiger partial charge in [0.25, 0.3) is 0 Å². The smallest absolute Gasteiger partial charge is 0.122 e. The van der Waals surface area contributed by atoms with E-state index < -0.39 is 0 Å². The maximum atomic E-state index is 10.8. The first-order valence-corrected chi connectivity index (χ1v) is 8.27. The fourth-order valence-electron chi connectivity index (χ4n) is 3.00. The van der Waals surface area contributed by atoms with Crippen molar-refractivity contribution in [2.24, 2.45) is 0 Å². The molecule has 0 aliphatic heterocycles. The summed E-state index contributed by atoms with van der Waals surface area (Å²) in [6.07, 6.45) is 4.94. The SMILES string of the molecule is CC=Cc1ccc(C)cc1Cc1cc(C)cc(C(C)(C)C)c1O. The predicted octanol–water partition coefficient (Wildman–Crippen LogP) is 5.93. The molecule has 0 heterocycles. The third-order valence-corrected chi connectivity index (χ3v) is 4.17. The van der Waals surface area contributed by atoms with Crippen LogP contribution in [0.25, 0.3) is 6.08 Å². The van der Waals surface area contributed by atoms with E-state index in [0.717, 1.165) is 17.5 Å². The van der Waals surface area contributed by atoms with E-state index in [4.69, 9.17) is 0 Å². The molecule has 0 saturated heterocycles. The van der Waals surface area contributed by atoms with Crippen molar-refractivity contribution >= 4 is 6.08 Å². The average Bonchev–Trinajstić information content (AvgIpc) is 2.44. The molecule has 23 heavy (non-hydrogen) atoms. The zero-order valence-corrected chi connectivity index (χ0v) is 15.2. The molecule has 1 N–H and O–H groups in total. The molecule has 0 aromatic heterocycles. The van der Waals surface area contributed by atoms with E-state index in [-0.39, 0.29) is 5.41 Å².